The van der Waals surface area contributed by atoms with Crippen LogP contribution in [-0.4, -0.2) is 45.7 Å². The lowest BCUT2D eigenvalue weighted by Gasteiger charge is -2.13. The summed E-state index contributed by atoms with van der Waals surface area (Å²) in [6, 6.07) is 30.6. The number of rotatable bonds is 48. The highest BCUT2D eigenvalue weighted by Crippen LogP contribution is 2.24. The van der Waals surface area contributed by atoms with Crippen molar-refractivity contribution in [3.8, 4) is 0 Å². The van der Waals surface area contributed by atoms with E-state index in [-0.39, 0.29) is 0 Å². The van der Waals surface area contributed by atoms with Crippen molar-refractivity contribution >= 4 is 33.9 Å². The Hall–Kier alpha value is -4.31. The Morgan fingerprint density at radius 3 is 0.831 bits per heavy atom. The van der Waals surface area contributed by atoms with Gasteiger partial charge in [-0.05, 0) is 72.9 Å². The fourth-order valence-electron chi connectivity index (χ4n) is 11.1. The molecule has 9 heteroatoms. The molecule has 0 amide bonds. The van der Waals surface area contributed by atoms with Gasteiger partial charge in [-0.25, -0.2) is 9.13 Å². The van der Waals surface area contributed by atoms with Crippen molar-refractivity contribution < 1.29 is 26.7 Å². The molecule has 0 aliphatic carbocycles. The highest BCUT2D eigenvalue weighted by atomic mass is 32.3. The Balaban J connectivity index is 0.000000523. The van der Waals surface area contributed by atoms with Gasteiger partial charge in [-0.3, -0.25) is 8.42 Å². The summed E-state index contributed by atoms with van der Waals surface area (Å²) >= 11 is 0. The van der Waals surface area contributed by atoms with Crippen molar-refractivity contribution in [1.82, 2.24) is 0 Å². The number of aryl methyl sites for hydroxylation is 2. The molecule has 2 aromatic heterocycles. The predicted molar refractivity (Wildman–Crippen MR) is 357 cm³/mol. The lowest BCUT2D eigenvalue weighted by atomic mass is 9.94. The van der Waals surface area contributed by atoms with Gasteiger partial charge >= 0.3 is 0 Å². The lowest BCUT2D eigenvalue weighted by molar-refractivity contribution is -0.697. The molecule has 0 saturated carbocycles. The predicted octanol–water partition coefficient (Wildman–Crippen LogP) is 20.3. The summed E-state index contributed by atoms with van der Waals surface area (Å²) in [5, 5.41) is 0. The van der Waals surface area contributed by atoms with Gasteiger partial charge in [0.25, 0.3) is 0 Å². The van der Waals surface area contributed by atoms with Crippen molar-refractivity contribution in [1.29, 1.82) is 0 Å². The largest absolute Gasteiger partial charge is 0.759 e. The van der Waals surface area contributed by atoms with Crippen LogP contribution in [0.15, 0.2) is 122 Å². The molecule has 0 spiro atoms. The zero-order valence-corrected chi connectivity index (χ0v) is 54.8. The Kier molecular flexibility index (Phi) is 46.9. The van der Waals surface area contributed by atoms with Crippen LogP contribution in [0.3, 0.4) is 0 Å². The fourth-order valence-corrected chi connectivity index (χ4v) is 11.1. The zero-order chi connectivity index (χ0) is 60.1. The van der Waals surface area contributed by atoms with Crippen LogP contribution in [-0.2, 0) is 23.5 Å². The van der Waals surface area contributed by atoms with Gasteiger partial charge in [-0.2, -0.15) is 0 Å². The number of aromatic nitrogens is 2. The molecule has 0 aliphatic heterocycles. The van der Waals surface area contributed by atoms with Gasteiger partial charge < -0.3 is 18.9 Å². The molecule has 2 aromatic carbocycles. The maximum absolute atomic E-state index is 8.52. The third-order valence-electron chi connectivity index (χ3n) is 16.3. The van der Waals surface area contributed by atoms with Crippen LogP contribution >= 0.6 is 0 Å². The molecular weight excluding hydrogens is 1040 g/mol. The maximum atomic E-state index is 8.52. The first-order chi connectivity index (χ1) is 40.4. The number of allylic oxidation sites excluding steroid dienone is 2. The van der Waals surface area contributed by atoms with E-state index >= 15 is 0 Å². The highest BCUT2D eigenvalue weighted by Gasteiger charge is 2.10. The average molecular weight is 1160 g/mol. The molecule has 4 aromatic rings. The summed E-state index contributed by atoms with van der Waals surface area (Å²) in [4.78, 5) is 4.32. The van der Waals surface area contributed by atoms with E-state index in [1.807, 2.05) is 0 Å². The number of hydrogen-bond donors (Lipinski definition) is 0. The number of pyridine rings is 2. The second-order valence-electron chi connectivity index (χ2n) is 24.3. The second-order valence-corrected chi connectivity index (χ2v) is 25.1. The second kappa shape index (κ2) is 52.1. The monoisotopic (exact) mass is 1160 g/mol. The van der Waals surface area contributed by atoms with Crippen molar-refractivity contribution in [2.75, 3.05) is 38.0 Å². The zero-order valence-electron chi connectivity index (χ0n) is 54.0. The molecule has 0 aliphatic rings. The summed E-state index contributed by atoms with van der Waals surface area (Å²) in [5.74, 6) is 1.35. The maximum Gasteiger partial charge on any atom is 0.168 e. The standard InChI is InChI=1S/2C37H61N2.H2O4S/c2*1-4-5-6-7-8-9-10-11-12-13-14-15-16-17-18-20-24-35(25-23-34-39-32-21-19-22-33-39)26-27-36-28-30-37(31-29-36)38(2)3;1-5(2,3)4/h2*19,21-22,26-33,35H,4-18,20,23-25,34H2,1-3H3;(H2,1,2,3,4)/q2*+1;/p-2. The Bertz CT molecular complexity index is 2050. The highest BCUT2D eigenvalue weighted by molar-refractivity contribution is 7.79. The minimum absolute atomic E-state index is 0.675. The molecule has 2 heterocycles. The first-order valence-electron chi connectivity index (χ1n) is 33.8. The summed E-state index contributed by atoms with van der Waals surface area (Å²) in [7, 11) is 3.24. The van der Waals surface area contributed by atoms with Crippen LogP contribution < -0.4 is 18.9 Å². The molecule has 0 saturated heterocycles. The fraction of sp³-hybridized carbons (Fsp3) is 0.649. The molecule has 2 atom stereocenters. The van der Waals surface area contributed by atoms with Crippen LogP contribution in [0.2, 0.25) is 0 Å². The van der Waals surface area contributed by atoms with E-state index in [2.05, 4.69) is 195 Å². The van der Waals surface area contributed by atoms with Gasteiger partial charge in [-0.1, -0.05) is 280 Å². The Morgan fingerprint density at radius 2 is 0.590 bits per heavy atom. The normalized spacial score (nSPS) is 12.2. The number of unbranched alkanes of at least 4 members (excludes halogenated alkanes) is 30. The van der Waals surface area contributed by atoms with E-state index in [0.717, 1.165) is 13.1 Å². The summed E-state index contributed by atoms with van der Waals surface area (Å²) in [6.45, 7) is 6.83. The molecule has 468 valence electrons. The molecule has 2 unspecified atom stereocenters. The summed E-state index contributed by atoms with van der Waals surface area (Å²) < 4.78 is 38.7. The van der Waals surface area contributed by atoms with Crippen molar-refractivity contribution in [3.63, 3.8) is 0 Å². The topological polar surface area (TPSA) is 94.5 Å². The van der Waals surface area contributed by atoms with Crippen LogP contribution in [0.4, 0.5) is 11.4 Å². The quantitative estimate of drug-likeness (QED) is 0.0189. The average Bonchev–Trinajstić information content (AvgIpc) is 3.51. The van der Waals surface area contributed by atoms with E-state index in [0.29, 0.717) is 11.8 Å². The van der Waals surface area contributed by atoms with E-state index in [9.17, 15) is 0 Å². The first kappa shape index (κ1) is 74.8. The smallest absolute Gasteiger partial charge is 0.168 e. The van der Waals surface area contributed by atoms with Gasteiger partial charge in [0.15, 0.2) is 24.8 Å². The molecule has 0 radical (unpaired) electrons. The molecule has 4 rings (SSSR count). The van der Waals surface area contributed by atoms with Gasteiger partial charge in [0, 0.05) is 87.1 Å². The van der Waals surface area contributed by atoms with E-state index < -0.39 is 10.4 Å². The van der Waals surface area contributed by atoms with Crippen LogP contribution in [0.25, 0.3) is 12.2 Å². The van der Waals surface area contributed by atoms with Gasteiger partial charge in [0.1, 0.15) is 13.1 Å². The minimum atomic E-state index is -5.17. The number of anilines is 2. The SMILES string of the molecule is CCCCCCCCCCCCCCCCCCC(C=Cc1ccc(N(C)C)cc1)CCC[n+]1ccccc1.CCCCCCCCCCCCCCCCCCC(C=Cc1ccc(N(C)C)cc1)CCC[n+]1ccccc1.O=S(=O)([O-])[O-]. The third kappa shape index (κ3) is 46.6. The molecule has 0 fully saturated rings. The molecule has 8 nitrogen and oxygen atoms in total. The summed E-state index contributed by atoms with van der Waals surface area (Å²) in [5.41, 5.74) is 5.15. The van der Waals surface area contributed by atoms with Gasteiger partial charge in [-0.15, -0.1) is 0 Å². The summed E-state index contributed by atoms with van der Waals surface area (Å²) in [6.07, 6.45) is 72.1. The third-order valence-corrected chi connectivity index (χ3v) is 16.3. The minimum Gasteiger partial charge on any atom is -0.759 e. The number of hydrogen-bond acceptors (Lipinski definition) is 6. The molecule has 83 heavy (non-hydrogen) atoms. The van der Waals surface area contributed by atoms with Crippen molar-refractivity contribution in [2.24, 2.45) is 11.8 Å². The van der Waals surface area contributed by atoms with Crippen LogP contribution in [0, 0.1) is 11.8 Å². The lowest BCUT2D eigenvalue weighted by Crippen LogP contribution is -2.32. The van der Waals surface area contributed by atoms with Gasteiger partial charge in [0.05, 0.1) is 0 Å². The Labute approximate surface area is 511 Å². The van der Waals surface area contributed by atoms with Crippen molar-refractivity contribution in [2.45, 2.75) is 271 Å². The Morgan fingerprint density at radius 1 is 0.361 bits per heavy atom. The molecular formula is C74H122N4O4S. The molecule has 0 bridgehead atoms. The molecule has 0 N–H and O–H groups in total. The number of nitrogens with zero attached hydrogens (tertiary/aromatic N) is 4. The van der Waals surface area contributed by atoms with Gasteiger partial charge in [0.2, 0.25) is 0 Å². The van der Waals surface area contributed by atoms with Crippen LogP contribution in [0.5, 0.6) is 0 Å². The van der Waals surface area contributed by atoms with Crippen molar-refractivity contribution in [3.05, 3.63) is 133 Å². The van der Waals surface area contributed by atoms with Crippen LogP contribution in [0.1, 0.15) is 269 Å². The number of benzene rings is 2. The van der Waals surface area contributed by atoms with E-state index in [4.69, 9.17) is 17.5 Å². The van der Waals surface area contributed by atoms with E-state index in [1.54, 1.807) is 0 Å². The van der Waals surface area contributed by atoms with E-state index in [1.165, 1.54) is 266 Å². The first-order valence-corrected chi connectivity index (χ1v) is 35.2.